The molecule has 1 heterocycles. The molecule has 0 aromatic rings. The molecule has 1 amide bonds. The second kappa shape index (κ2) is 5.05. The van der Waals surface area contributed by atoms with E-state index in [9.17, 15) is 9.59 Å². The minimum Gasteiger partial charge on any atom is -0.480 e. The van der Waals surface area contributed by atoms with Gasteiger partial charge in [-0.05, 0) is 20.3 Å². The maximum absolute atomic E-state index is 11.6. The van der Waals surface area contributed by atoms with Crippen LogP contribution in [0.1, 0.15) is 20.3 Å². The highest BCUT2D eigenvalue weighted by Gasteiger charge is 2.34. The summed E-state index contributed by atoms with van der Waals surface area (Å²) in [5.41, 5.74) is 5.56. The minimum absolute atomic E-state index is 0.0712. The van der Waals surface area contributed by atoms with Crippen LogP contribution >= 0.6 is 11.8 Å². The quantitative estimate of drug-likeness (QED) is 0.721. The summed E-state index contributed by atoms with van der Waals surface area (Å²) in [4.78, 5) is 24.1. The van der Waals surface area contributed by atoms with Crippen LogP contribution in [0.25, 0.3) is 0 Å². The van der Waals surface area contributed by atoms with E-state index in [1.54, 1.807) is 18.7 Å². The minimum atomic E-state index is -1.03. The number of carbonyl (C=O) groups excluding carboxylic acids is 1. The van der Waals surface area contributed by atoms with Crippen molar-refractivity contribution in [1.82, 2.24) is 4.90 Å². The Hall–Kier alpha value is -0.750. The van der Waals surface area contributed by atoms with Crippen molar-refractivity contribution >= 4 is 23.6 Å². The lowest BCUT2D eigenvalue weighted by Gasteiger charge is -2.33. The molecule has 0 spiro atoms. The third kappa shape index (κ3) is 3.12. The van der Waals surface area contributed by atoms with Crippen LogP contribution in [0.2, 0.25) is 0 Å². The van der Waals surface area contributed by atoms with E-state index in [2.05, 4.69) is 0 Å². The SMILES string of the molecule is CC(C)(SCC(=O)N1CCC1)[C@@H](N)C(=O)O. The monoisotopic (exact) mass is 246 g/mol. The van der Waals surface area contributed by atoms with Crippen molar-refractivity contribution in [2.75, 3.05) is 18.8 Å². The van der Waals surface area contributed by atoms with E-state index < -0.39 is 16.8 Å². The van der Waals surface area contributed by atoms with E-state index >= 15 is 0 Å². The summed E-state index contributed by atoms with van der Waals surface area (Å²) >= 11 is 1.30. The number of hydrogen-bond acceptors (Lipinski definition) is 4. The van der Waals surface area contributed by atoms with Gasteiger partial charge >= 0.3 is 5.97 Å². The molecule has 6 heteroatoms. The van der Waals surface area contributed by atoms with Gasteiger partial charge in [-0.2, -0.15) is 0 Å². The molecule has 1 atom stereocenters. The van der Waals surface area contributed by atoms with Crippen molar-refractivity contribution in [3.63, 3.8) is 0 Å². The van der Waals surface area contributed by atoms with Crippen LogP contribution in [0.15, 0.2) is 0 Å². The Morgan fingerprint density at radius 1 is 1.50 bits per heavy atom. The highest BCUT2D eigenvalue weighted by Crippen LogP contribution is 2.28. The summed E-state index contributed by atoms with van der Waals surface area (Å²) in [6.07, 6.45) is 1.06. The van der Waals surface area contributed by atoms with Gasteiger partial charge in [0.25, 0.3) is 0 Å². The van der Waals surface area contributed by atoms with Gasteiger partial charge in [0.05, 0.1) is 5.75 Å². The third-order valence-electron chi connectivity index (χ3n) is 2.79. The largest absolute Gasteiger partial charge is 0.480 e. The van der Waals surface area contributed by atoms with Gasteiger partial charge in [-0.15, -0.1) is 11.8 Å². The van der Waals surface area contributed by atoms with Crippen LogP contribution in [0.4, 0.5) is 0 Å². The second-order valence-electron chi connectivity index (χ2n) is 4.44. The normalized spacial score (nSPS) is 17.8. The molecule has 0 aromatic heterocycles. The van der Waals surface area contributed by atoms with Crippen molar-refractivity contribution in [2.45, 2.75) is 31.1 Å². The molecular weight excluding hydrogens is 228 g/mol. The van der Waals surface area contributed by atoms with E-state index in [0.29, 0.717) is 5.75 Å². The van der Waals surface area contributed by atoms with E-state index in [4.69, 9.17) is 10.8 Å². The molecule has 16 heavy (non-hydrogen) atoms. The number of nitrogens with zero attached hydrogens (tertiary/aromatic N) is 1. The van der Waals surface area contributed by atoms with Crippen molar-refractivity contribution in [3.8, 4) is 0 Å². The van der Waals surface area contributed by atoms with Gasteiger partial charge in [0.15, 0.2) is 0 Å². The van der Waals surface area contributed by atoms with E-state index in [-0.39, 0.29) is 5.91 Å². The summed E-state index contributed by atoms with van der Waals surface area (Å²) in [5, 5.41) is 8.82. The number of hydrogen-bond donors (Lipinski definition) is 2. The average molecular weight is 246 g/mol. The predicted octanol–water partition coefficient (Wildman–Crippen LogP) is 0.142. The molecule has 0 aliphatic carbocycles. The molecule has 1 aliphatic heterocycles. The second-order valence-corrected chi connectivity index (χ2v) is 6.07. The first-order valence-corrected chi connectivity index (χ1v) is 6.23. The molecular formula is C10H18N2O3S. The van der Waals surface area contributed by atoms with Gasteiger partial charge in [0, 0.05) is 17.8 Å². The summed E-state index contributed by atoms with van der Waals surface area (Å²) in [6.45, 7) is 5.15. The van der Waals surface area contributed by atoms with Gasteiger partial charge in [-0.3, -0.25) is 9.59 Å². The fraction of sp³-hybridized carbons (Fsp3) is 0.800. The van der Waals surface area contributed by atoms with Crippen LogP contribution in [-0.2, 0) is 9.59 Å². The standard InChI is InChI=1S/C10H18N2O3S/c1-10(2,8(11)9(14)15)16-6-7(13)12-4-3-5-12/h8H,3-6,11H2,1-2H3,(H,14,15)/t8-/m0/s1. The van der Waals surface area contributed by atoms with E-state index in [1.807, 2.05) is 0 Å². The molecule has 0 saturated carbocycles. The molecule has 1 saturated heterocycles. The molecule has 1 aliphatic rings. The predicted molar refractivity (Wildman–Crippen MR) is 63.3 cm³/mol. The number of carbonyl (C=O) groups is 2. The Balaban J connectivity index is 2.40. The van der Waals surface area contributed by atoms with Crippen molar-refractivity contribution in [3.05, 3.63) is 0 Å². The Morgan fingerprint density at radius 2 is 2.06 bits per heavy atom. The van der Waals surface area contributed by atoms with Gasteiger partial charge in [-0.25, -0.2) is 0 Å². The third-order valence-corrected chi connectivity index (χ3v) is 4.18. The number of aliphatic carboxylic acids is 1. The molecule has 5 nitrogen and oxygen atoms in total. The molecule has 1 rings (SSSR count). The summed E-state index contributed by atoms with van der Waals surface area (Å²) in [6, 6.07) is -0.957. The number of thioether (sulfide) groups is 1. The molecule has 1 fully saturated rings. The highest BCUT2D eigenvalue weighted by atomic mass is 32.2. The summed E-state index contributed by atoms with van der Waals surface area (Å²) in [5.74, 6) is -0.663. The first-order valence-electron chi connectivity index (χ1n) is 5.24. The Kier molecular flexibility index (Phi) is 4.21. The fourth-order valence-electron chi connectivity index (χ4n) is 1.29. The van der Waals surface area contributed by atoms with Crippen molar-refractivity contribution in [1.29, 1.82) is 0 Å². The smallest absolute Gasteiger partial charge is 0.321 e. The van der Waals surface area contributed by atoms with Gasteiger partial charge in [0.2, 0.25) is 5.91 Å². The van der Waals surface area contributed by atoms with Crippen LogP contribution in [-0.4, -0.2) is 51.5 Å². The Morgan fingerprint density at radius 3 is 2.44 bits per heavy atom. The van der Waals surface area contributed by atoms with Gasteiger partial charge in [-0.1, -0.05) is 0 Å². The lowest BCUT2D eigenvalue weighted by molar-refractivity contribution is -0.139. The highest BCUT2D eigenvalue weighted by molar-refractivity contribution is 8.01. The van der Waals surface area contributed by atoms with Crippen LogP contribution in [0.5, 0.6) is 0 Å². The van der Waals surface area contributed by atoms with Crippen molar-refractivity contribution < 1.29 is 14.7 Å². The topological polar surface area (TPSA) is 83.6 Å². The average Bonchev–Trinajstić information content (AvgIpc) is 2.10. The molecule has 92 valence electrons. The number of rotatable bonds is 5. The van der Waals surface area contributed by atoms with Gasteiger partial charge in [0.1, 0.15) is 6.04 Å². The zero-order valence-corrected chi connectivity index (χ0v) is 10.4. The number of carboxylic acid groups (broad SMARTS) is 1. The zero-order chi connectivity index (χ0) is 12.3. The lowest BCUT2D eigenvalue weighted by Crippen LogP contribution is -2.48. The van der Waals surface area contributed by atoms with Crippen LogP contribution in [0.3, 0.4) is 0 Å². The van der Waals surface area contributed by atoms with Gasteiger partial charge < -0.3 is 15.7 Å². The number of nitrogens with two attached hydrogens (primary N) is 1. The Bertz CT molecular complexity index is 290. The fourth-order valence-corrected chi connectivity index (χ4v) is 2.25. The zero-order valence-electron chi connectivity index (χ0n) is 9.60. The van der Waals surface area contributed by atoms with Crippen LogP contribution in [0, 0.1) is 0 Å². The van der Waals surface area contributed by atoms with E-state index in [0.717, 1.165) is 19.5 Å². The Labute approximate surface area is 99.4 Å². The van der Waals surface area contributed by atoms with Crippen LogP contribution < -0.4 is 5.73 Å². The maximum atomic E-state index is 11.6. The summed E-state index contributed by atoms with van der Waals surface area (Å²) < 4.78 is -0.633. The maximum Gasteiger partial charge on any atom is 0.321 e. The first-order chi connectivity index (χ1) is 7.34. The summed E-state index contributed by atoms with van der Waals surface area (Å²) in [7, 11) is 0. The van der Waals surface area contributed by atoms with Crippen molar-refractivity contribution in [2.24, 2.45) is 5.73 Å². The molecule has 0 aromatic carbocycles. The number of carboxylic acids is 1. The molecule has 0 unspecified atom stereocenters. The van der Waals surface area contributed by atoms with E-state index in [1.165, 1.54) is 11.8 Å². The first kappa shape index (κ1) is 13.3. The molecule has 0 bridgehead atoms. The lowest BCUT2D eigenvalue weighted by atomic mass is 10.1. The number of amides is 1. The molecule has 3 N–H and O–H groups in total. The molecule has 0 radical (unpaired) electrons. The number of likely N-dealkylation sites (tertiary alicyclic amines) is 1.